The number of ether oxygens (including phenoxy) is 1. The van der Waals surface area contributed by atoms with Crippen LogP contribution in [-0.2, 0) is 11.3 Å². The first-order valence-corrected chi connectivity index (χ1v) is 11.4. The van der Waals surface area contributed by atoms with Crippen molar-refractivity contribution in [1.82, 2.24) is 9.55 Å². The normalized spacial score (nSPS) is 11.2. The molecule has 0 bridgehead atoms. The molecule has 1 amide bonds. The maximum Gasteiger partial charge on any atom is 0.272 e. The molecule has 0 aliphatic heterocycles. The van der Waals surface area contributed by atoms with E-state index in [1.807, 2.05) is 11.4 Å². The smallest absolute Gasteiger partial charge is 0.272 e. The summed E-state index contributed by atoms with van der Waals surface area (Å²) < 4.78 is 7.44. The SMILES string of the molecule is COc1ccc(NC(=O)CSc2nc3ccsc3c(=O)n2CCC(C)C)cc1Cl. The predicted octanol–water partition coefficient (Wildman–Crippen LogP) is 4.90. The fraction of sp³-hybridized carbons (Fsp3) is 0.350. The molecular weight excluding hydrogens is 430 g/mol. The molecule has 3 aromatic rings. The Morgan fingerprint density at radius 1 is 1.38 bits per heavy atom. The molecule has 1 aromatic carbocycles. The van der Waals surface area contributed by atoms with Gasteiger partial charge in [0.25, 0.3) is 5.56 Å². The molecule has 29 heavy (non-hydrogen) atoms. The van der Waals surface area contributed by atoms with Crippen LogP contribution < -0.4 is 15.6 Å². The van der Waals surface area contributed by atoms with E-state index in [-0.39, 0.29) is 17.2 Å². The minimum atomic E-state index is -0.202. The first-order valence-electron chi connectivity index (χ1n) is 9.13. The van der Waals surface area contributed by atoms with Crippen molar-refractivity contribution >= 4 is 56.5 Å². The number of methoxy groups -OCH3 is 1. The van der Waals surface area contributed by atoms with Crippen molar-refractivity contribution in [2.24, 2.45) is 5.92 Å². The fourth-order valence-electron chi connectivity index (χ4n) is 2.69. The second-order valence-corrected chi connectivity index (χ2v) is 9.12. The number of anilines is 1. The quantitative estimate of drug-likeness (QED) is 0.389. The zero-order valence-electron chi connectivity index (χ0n) is 16.4. The highest BCUT2D eigenvalue weighted by atomic mass is 35.5. The van der Waals surface area contributed by atoms with Gasteiger partial charge in [0, 0.05) is 12.2 Å². The van der Waals surface area contributed by atoms with E-state index in [2.05, 4.69) is 24.1 Å². The van der Waals surface area contributed by atoms with Crippen LogP contribution >= 0.6 is 34.7 Å². The zero-order chi connectivity index (χ0) is 21.0. The average Bonchev–Trinajstić information content (AvgIpc) is 3.14. The zero-order valence-corrected chi connectivity index (χ0v) is 18.8. The summed E-state index contributed by atoms with van der Waals surface area (Å²) in [7, 11) is 1.53. The van der Waals surface area contributed by atoms with Crippen molar-refractivity contribution in [2.45, 2.75) is 32.0 Å². The van der Waals surface area contributed by atoms with Crippen LogP contribution in [0.3, 0.4) is 0 Å². The molecule has 154 valence electrons. The van der Waals surface area contributed by atoms with Gasteiger partial charge in [-0.2, -0.15) is 0 Å². The van der Waals surface area contributed by atoms with Gasteiger partial charge in [0.2, 0.25) is 5.91 Å². The highest BCUT2D eigenvalue weighted by molar-refractivity contribution is 7.99. The van der Waals surface area contributed by atoms with Crippen molar-refractivity contribution < 1.29 is 9.53 Å². The molecule has 6 nitrogen and oxygen atoms in total. The van der Waals surface area contributed by atoms with Crippen LogP contribution in [0.1, 0.15) is 20.3 Å². The van der Waals surface area contributed by atoms with E-state index >= 15 is 0 Å². The third-order valence-corrected chi connectivity index (χ3v) is 6.39. The van der Waals surface area contributed by atoms with Gasteiger partial charge in [-0.3, -0.25) is 14.2 Å². The number of carbonyl (C=O) groups excluding carboxylic acids is 1. The van der Waals surface area contributed by atoms with Crippen molar-refractivity contribution in [1.29, 1.82) is 0 Å². The van der Waals surface area contributed by atoms with Crippen LogP contribution in [0.25, 0.3) is 10.2 Å². The topological polar surface area (TPSA) is 73.2 Å². The van der Waals surface area contributed by atoms with Gasteiger partial charge in [-0.1, -0.05) is 37.2 Å². The van der Waals surface area contributed by atoms with Crippen molar-refractivity contribution in [3.8, 4) is 5.75 Å². The lowest BCUT2D eigenvalue weighted by Gasteiger charge is -2.13. The largest absolute Gasteiger partial charge is 0.495 e. The first-order chi connectivity index (χ1) is 13.9. The predicted molar refractivity (Wildman–Crippen MR) is 121 cm³/mol. The van der Waals surface area contributed by atoms with Gasteiger partial charge in [-0.15, -0.1) is 11.3 Å². The van der Waals surface area contributed by atoms with Crippen LogP contribution in [-0.4, -0.2) is 28.3 Å². The molecule has 1 N–H and O–H groups in total. The summed E-state index contributed by atoms with van der Waals surface area (Å²) in [6.07, 6.45) is 0.864. The number of halogens is 1. The van der Waals surface area contributed by atoms with E-state index in [9.17, 15) is 9.59 Å². The fourth-order valence-corrected chi connectivity index (χ4v) is 4.55. The van der Waals surface area contributed by atoms with Gasteiger partial charge in [-0.05, 0) is 42.0 Å². The third-order valence-electron chi connectivity index (χ3n) is 4.23. The Hall–Kier alpha value is -2.03. The van der Waals surface area contributed by atoms with Gasteiger partial charge in [0.15, 0.2) is 5.16 Å². The molecular formula is C20H22ClN3O3S2. The minimum Gasteiger partial charge on any atom is -0.495 e. The number of thioether (sulfide) groups is 1. The lowest BCUT2D eigenvalue weighted by Crippen LogP contribution is -2.24. The maximum absolute atomic E-state index is 12.8. The summed E-state index contributed by atoms with van der Waals surface area (Å²) >= 11 is 8.75. The molecule has 0 unspecified atom stereocenters. The van der Waals surface area contributed by atoms with E-state index in [1.165, 1.54) is 30.2 Å². The Labute approximate surface area is 182 Å². The van der Waals surface area contributed by atoms with E-state index in [0.717, 1.165) is 6.42 Å². The number of amides is 1. The summed E-state index contributed by atoms with van der Waals surface area (Å²) in [5, 5.41) is 5.65. The number of nitrogens with zero attached hydrogens (tertiary/aromatic N) is 2. The van der Waals surface area contributed by atoms with Gasteiger partial charge in [0.05, 0.1) is 23.4 Å². The second-order valence-electron chi connectivity index (χ2n) is 6.85. The van der Waals surface area contributed by atoms with E-state index in [4.69, 9.17) is 16.3 Å². The van der Waals surface area contributed by atoms with Crippen LogP contribution in [0.15, 0.2) is 39.6 Å². The van der Waals surface area contributed by atoms with Crippen molar-refractivity contribution in [3.63, 3.8) is 0 Å². The molecule has 0 aliphatic carbocycles. The number of hydrogen-bond acceptors (Lipinski definition) is 6. The van der Waals surface area contributed by atoms with Crippen LogP contribution in [0, 0.1) is 5.92 Å². The summed E-state index contributed by atoms with van der Waals surface area (Å²) in [6.45, 7) is 4.81. The summed E-state index contributed by atoms with van der Waals surface area (Å²) in [4.78, 5) is 29.9. The Bertz CT molecular complexity index is 1080. The number of carbonyl (C=O) groups is 1. The highest BCUT2D eigenvalue weighted by Gasteiger charge is 2.15. The number of thiophene rings is 1. The molecule has 0 radical (unpaired) electrons. The molecule has 0 saturated carbocycles. The summed E-state index contributed by atoms with van der Waals surface area (Å²) in [5.41, 5.74) is 1.21. The Morgan fingerprint density at radius 2 is 2.17 bits per heavy atom. The Morgan fingerprint density at radius 3 is 2.86 bits per heavy atom. The van der Waals surface area contributed by atoms with E-state index in [1.54, 1.807) is 22.8 Å². The summed E-state index contributed by atoms with van der Waals surface area (Å²) in [6, 6.07) is 6.89. The lowest BCUT2D eigenvalue weighted by molar-refractivity contribution is -0.113. The number of aromatic nitrogens is 2. The molecule has 0 aliphatic rings. The van der Waals surface area contributed by atoms with Gasteiger partial charge >= 0.3 is 0 Å². The monoisotopic (exact) mass is 451 g/mol. The molecule has 9 heteroatoms. The number of hydrogen-bond donors (Lipinski definition) is 1. The van der Waals surface area contributed by atoms with Gasteiger partial charge < -0.3 is 10.1 Å². The molecule has 2 heterocycles. The Kier molecular flexibility index (Phi) is 7.21. The molecule has 0 fully saturated rings. The standard InChI is InChI=1S/C20H22ClN3O3S2/c1-12(2)6-8-24-19(26)18-15(7-9-28-18)23-20(24)29-11-17(25)22-13-4-5-16(27-3)14(21)10-13/h4-5,7,9-10,12H,6,8,11H2,1-3H3,(H,22,25). The number of nitrogens with one attached hydrogen (secondary N) is 1. The molecule has 3 rings (SSSR count). The van der Waals surface area contributed by atoms with Gasteiger partial charge in [-0.25, -0.2) is 4.98 Å². The third kappa shape index (κ3) is 5.32. The number of rotatable bonds is 8. The van der Waals surface area contributed by atoms with Crippen LogP contribution in [0.5, 0.6) is 5.75 Å². The number of fused-ring (bicyclic) bond motifs is 1. The average molecular weight is 452 g/mol. The van der Waals surface area contributed by atoms with E-state index in [0.29, 0.717) is 44.3 Å². The molecule has 0 saturated heterocycles. The van der Waals surface area contributed by atoms with Crippen molar-refractivity contribution in [3.05, 3.63) is 45.0 Å². The van der Waals surface area contributed by atoms with Crippen LogP contribution in [0.4, 0.5) is 5.69 Å². The second kappa shape index (κ2) is 9.65. The summed E-state index contributed by atoms with van der Waals surface area (Å²) in [5.74, 6) is 0.933. The lowest BCUT2D eigenvalue weighted by atomic mass is 10.1. The van der Waals surface area contributed by atoms with Crippen molar-refractivity contribution in [2.75, 3.05) is 18.2 Å². The van der Waals surface area contributed by atoms with Gasteiger partial charge in [0.1, 0.15) is 10.4 Å². The minimum absolute atomic E-state index is 0.0458. The number of benzene rings is 1. The highest BCUT2D eigenvalue weighted by Crippen LogP contribution is 2.27. The first kappa shape index (κ1) is 21.7. The molecule has 0 atom stereocenters. The van der Waals surface area contributed by atoms with E-state index < -0.39 is 0 Å². The molecule has 2 aromatic heterocycles. The maximum atomic E-state index is 12.8. The van der Waals surface area contributed by atoms with Crippen LogP contribution in [0.2, 0.25) is 5.02 Å². The Balaban J connectivity index is 1.75. The molecule has 0 spiro atoms.